The molecule has 32 heavy (non-hydrogen) atoms. The minimum Gasteiger partial charge on any atom is -0.326 e. The van der Waals surface area contributed by atoms with E-state index in [0.29, 0.717) is 24.2 Å². The van der Waals surface area contributed by atoms with E-state index in [1.165, 1.54) is 17.7 Å². The van der Waals surface area contributed by atoms with Crippen LogP contribution in [-0.2, 0) is 26.7 Å². The van der Waals surface area contributed by atoms with Crippen molar-refractivity contribution in [1.82, 2.24) is 0 Å². The Morgan fingerprint density at radius 1 is 0.812 bits per heavy atom. The highest BCUT2D eigenvalue weighted by Crippen LogP contribution is 2.23. The molecule has 0 fully saturated rings. The van der Waals surface area contributed by atoms with Gasteiger partial charge >= 0.3 is 0 Å². The fourth-order valence-electron chi connectivity index (χ4n) is 3.21. The quantitative estimate of drug-likeness (QED) is 0.487. The van der Waals surface area contributed by atoms with Crippen LogP contribution in [-0.4, -0.2) is 14.3 Å². The maximum Gasteiger partial charge on any atom is 0.261 e. The Labute approximate surface area is 190 Å². The summed E-state index contributed by atoms with van der Waals surface area (Å²) in [7, 11) is -3.69. The van der Waals surface area contributed by atoms with Gasteiger partial charge in [-0.25, -0.2) is 8.42 Å². The lowest BCUT2D eigenvalue weighted by atomic mass is 9.86. The molecule has 168 valence electrons. The zero-order chi connectivity index (χ0) is 23.4. The normalized spacial score (nSPS) is 11.8. The minimum atomic E-state index is -3.69. The summed E-state index contributed by atoms with van der Waals surface area (Å²) in [5.41, 5.74) is 4.59. The predicted octanol–water partition coefficient (Wildman–Crippen LogP) is 5.66. The number of anilines is 2. The average Bonchev–Trinajstić information content (AvgIpc) is 2.74. The van der Waals surface area contributed by atoms with E-state index in [-0.39, 0.29) is 16.2 Å². The molecule has 0 saturated carbocycles. The van der Waals surface area contributed by atoms with Crippen molar-refractivity contribution >= 4 is 27.3 Å². The first-order valence-corrected chi connectivity index (χ1v) is 12.1. The first kappa shape index (κ1) is 23.5. The predicted molar refractivity (Wildman–Crippen MR) is 131 cm³/mol. The summed E-state index contributed by atoms with van der Waals surface area (Å²) in [6, 6.07) is 21.6. The summed E-state index contributed by atoms with van der Waals surface area (Å²) in [6.07, 6.45) is 0.993. The number of hydrogen-bond donors (Lipinski definition) is 2. The molecule has 3 rings (SSSR count). The molecule has 0 radical (unpaired) electrons. The van der Waals surface area contributed by atoms with Gasteiger partial charge in [0.1, 0.15) is 0 Å². The Kier molecular flexibility index (Phi) is 7.04. The maximum atomic E-state index is 12.6. The topological polar surface area (TPSA) is 75.3 Å². The van der Waals surface area contributed by atoms with Crippen LogP contribution < -0.4 is 10.0 Å². The van der Waals surface area contributed by atoms with Crippen molar-refractivity contribution in [2.75, 3.05) is 10.0 Å². The van der Waals surface area contributed by atoms with E-state index >= 15 is 0 Å². The molecular formula is C26H30N2O3S. The summed E-state index contributed by atoms with van der Waals surface area (Å²) in [5.74, 6) is -0.113. The van der Waals surface area contributed by atoms with E-state index in [2.05, 4.69) is 55.1 Å². The van der Waals surface area contributed by atoms with Crippen LogP contribution in [0, 0.1) is 6.92 Å². The van der Waals surface area contributed by atoms with Gasteiger partial charge in [0.25, 0.3) is 10.0 Å². The molecule has 0 aromatic heterocycles. The molecule has 5 nitrogen and oxygen atoms in total. The number of benzene rings is 3. The fourth-order valence-corrected chi connectivity index (χ4v) is 4.26. The van der Waals surface area contributed by atoms with Gasteiger partial charge in [0.2, 0.25) is 5.91 Å². The number of aryl methyl sites for hydroxylation is 2. The number of amides is 1. The van der Waals surface area contributed by atoms with Crippen LogP contribution in [0.15, 0.2) is 77.7 Å². The fraction of sp³-hybridized carbons (Fsp3) is 0.269. The van der Waals surface area contributed by atoms with E-state index in [0.717, 1.165) is 11.1 Å². The second kappa shape index (κ2) is 9.57. The highest BCUT2D eigenvalue weighted by atomic mass is 32.2. The molecule has 1 amide bonds. The number of carbonyl (C=O) groups is 1. The Bertz CT molecular complexity index is 1160. The Morgan fingerprint density at radius 2 is 1.38 bits per heavy atom. The molecule has 3 aromatic carbocycles. The van der Waals surface area contributed by atoms with Crippen LogP contribution in [0.25, 0.3) is 0 Å². The van der Waals surface area contributed by atoms with Gasteiger partial charge in [-0.3, -0.25) is 9.52 Å². The smallest absolute Gasteiger partial charge is 0.261 e. The number of rotatable bonds is 7. The summed E-state index contributed by atoms with van der Waals surface area (Å²) >= 11 is 0. The van der Waals surface area contributed by atoms with Gasteiger partial charge in [0, 0.05) is 17.8 Å². The lowest BCUT2D eigenvalue weighted by molar-refractivity contribution is -0.116. The molecular weight excluding hydrogens is 420 g/mol. The van der Waals surface area contributed by atoms with E-state index < -0.39 is 10.0 Å². The lowest BCUT2D eigenvalue weighted by Crippen LogP contribution is -2.14. The molecule has 0 aliphatic heterocycles. The van der Waals surface area contributed by atoms with Crippen LogP contribution >= 0.6 is 0 Å². The molecule has 0 aliphatic rings. The second-order valence-electron chi connectivity index (χ2n) is 8.99. The van der Waals surface area contributed by atoms with Gasteiger partial charge in [-0.2, -0.15) is 0 Å². The standard InChI is InChI=1S/C26H30N2O3S/c1-19-5-12-23(13-6-19)28-32(30,31)24-16-14-22(15-17-24)27-25(29)18-9-20-7-10-21(11-8-20)26(2,3)4/h5-8,10-17,28H,9,18H2,1-4H3,(H,27,29). The molecule has 0 bridgehead atoms. The van der Waals surface area contributed by atoms with E-state index in [1.54, 1.807) is 24.3 Å². The zero-order valence-electron chi connectivity index (χ0n) is 19.0. The third-order valence-electron chi connectivity index (χ3n) is 5.21. The molecule has 3 aromatic rings. The van der Waals surface area contributed by atoms with Gasteiger partial charge in [-0.1, -0.05) is 62.7 Å². The highest BCUT2D eigenvalue weighted by Gasteiger charge is 2.15. The van der Waals surface area contributed by atoms with E-state index in [9.17, 15) is 13.2 Å². The summed E-state index contributed by atoms with van der Waals surface area (Å²) in [6.45, 7) is 8.45. The number of sulfonamides is 1. The number of nitrogens with one attached hydrogen (secondary N) is 2. The van der Waals surface area contributed by atoms with E-state index in [4.69, 9.17) is 0 Å². The van der Waals surface area contributed by atoms with Gasteiger partial charge < -0.3 is 5.32 Å². The van der Waals surface area contributed by atoms with Gasteiger partial charge in [0.05, 0.1) is 4.90 Å². The number of hydrogen-bond acceptors (Lipinski definition) is 3. The first-order chi connectivity index (χ1) is 15.0. The molecule has 0 atom stereocenters. The zero-order valence-corrected chi connectivity index (χ0v) is 19.8. The SMILES string of the molecule is Cc1ccc(NS(=O)(=O)c2ccc(NC(=O)CCc3ccc(C(C)(C)C)cc3)cc2)cc1. The number of carbonyl (C=O) groups excluding carboxylic acids is 1. The molecule has 0 saturated heterocycles. The van der Waals surface area contributed by atoms with Gasteiger partial charge in [0.15, 0.2) is 0 Å². The summed E-state index contributed by atoms with van der Waals surface area (Å²) < 4.78 is 27.7. The molecule has 2 N–H and O–H groups in total. The van der Waals surface area contributed by atoms with Crippen LogP contribution in [0.1, 0.15) is 43.9 Å². The van der Waals surface area contributed by atoms with Crippen LogP contribution in [0.5, 0.6) is 0 Å². The van der Waals surface area contributed by atoms with Crippen molar-refractivity contribution in [2.45, 2.75) is 50.8 Å². The Balaban J connectivity index is 1.55. The van der Waals surface area contributed by atoms with Crippen molar-refractivity contribution in [3.8, 4) is 0 Å². The molecule has 0 heterocycles. The minimum absolute atomic E-state index is 0.102. The van der Waals surface area contributed by atoms with Crippen molar-refractivity contribution in [3.05, 3.63) is 89.5 Å². The second-order valence-corrected chi connectivity index (χ2v) is 10.7. The van der Waals surface area contributed by atoms with Crippen LogP contribution in [0.4, 0.5) is 11.4 Å². The van der Waals surface area contributed by atoms with Crippen molar-refractivity contribution in [3.63, 3.8) is 0 Å². The molecule has 6 heteroatoms. The summed E-state index contributed by atoms with van der Waals surface area (Å²) in [5, 5.41) is 2.83. The van der Waals surface area contributed by atoms with Crippen LogP contribution in [0.3, 0.4) is 0 Å². The maximum absolute atomic E-state index is 12.6. The van der Waals surface area contributed by atoms with Crippen molar-refractivity contribution < 1.29 is 13.2 Å². The molecule has 0 spiro atoms. The Hall–Kier alpha value is -3.12. The van der Waals surface area contributed by atoms with Crippen LogP contribution in [0.2, 0.25) is 0 Å². The lowest BCUT2D eigenvalue weighted by Gasteiger charge is -2.19. The average molecular weight is 451 g/mol. The van der Waals surface area contributed by atoms with Gasteiger partial charge in [-0.05, 0) is 66.3 Å². The highest BCUT2D eigenvalue weighted by molar-refractivity contribution is 7.92. The largest absolute Gasteiger partial charge is 0.326 e. The third kappa shape index (κ3) is 6.44. The monoisotopic (exact) mass is 450 g/mol. The van der Waals surface area contributed by atoms with Crippen molar-refractivity contribution in [1.29, 1.82) is 0 Å². The van der Waals surface area contributed by atoms with Gasteiger partial charge in [-0.15, -0.1) is 0 Å². The third-order valence-corrected chi connectivity index (χ3v) is 6.61. The molecule has 0 unspecified atom stereocenters. The molecule has 0 aliphatic carbocycles. The van der Waals surface area contributed by atoms with Crippen molar-refractivity contribution in [2.24, 2.45) is 0 Å². The summed E-state index contributed by atoms with van der Waals surface area (Å²) in [4.78, 5) is 12.5. The Morgan fingerprint density at radius 3 is 1.94 bits per heavy atom. The van der Waals surface area contributed by atoms with E-state index in [1.807, 2.05) is 19.1 Å². The first-order valence-electron chi connectivity index (χ1n) is 10.6.